The fraction of sp³-hybridized carbons (Fsp3) is 1.00. The lowest BCUT2D eigenvalue weighted by Crippen LogP contribution is -2.44. The highest BCUT2D eigenvalue weighted by atomic mass is 19.4. The zero-order chi connectivity index (χ0) is 10.1. The quantitative estimate of drug-likeness (QED) is 0.621. The fourth-order valence-corrected chi connectivity index (χ4v) is 1.74. The predicted octanol–water partition coefficient (Wildman–Crippen LogP) is 2.67. The van der Waals surface area contributed by atoms with Crippen LogP contribution in [-0.4, -0.2) is 30.2 Å². The molecule has 1 fully saturated rings. The van der Waals surface area contributed by atoms with Crippen molar-refractivity contribution < 1.29 is 13.2 Å². The van der Waals surface area contributed by atoms with Crippen LogP contribution in [0.5, 0.6) is 0 Å². The molecule has 0 unspecified atom stereocenters. The van der Waals surface area contributed by atoms with Gasteiger partial charge in [0, 0.05) is 12.6 Å². The minimum absolute atomic E-state index is 0.182. The summed E-state index contributed by atoms with van der Waals surface area (Å²) in [6.45, 7) is 4.88. The van der Waals surface area contributed by atoms with Gasteiger partial charge in [0.05, 0.1) is 5.92 Å². The number of piperidine rings is 1. The van der Waals surface area contributed by atoms with E-state index in [4.69, 9.17) is 0 Å². The Morgan fingerprint density at radius 2 is 1.92 bits per heavy atom. The van der Waals surface area contributed by atoms with Gasteiger partial charge in [-0.25, -0.2) is 0 Å². The first kappa shape index (κ1) is 10.8. The van der Waals surface area contributed by atoms with E-state index in [9.17, 15) is 13.2 Å². The van der Waals surface area contributed by atoms with E-state index < -0.39 is 12.1 Å². The summed E-state index contributed by atoms with van der Waals surface area (Å²) < 4.78 is 37.1. The third-order valence-electron chi connectivity index (χ3n) is 2.65. The molecule has 0 bridgehead atoms. The first-order chi connectivity index (χ1) is 5.91. The summed E-state index contributed by atoms with van der Waals surface area (Å²) in [5.74, 6) is -1.11. The lowest BCUT2D eigenvalue weighted by molar-refractivity contribution is -0.188. The van der Waals surface area contributed by atoms with E-state index in [0.717, 1.165) is 6.54 Å². The van der Waals surface area contributed by atoms with Gasteiger partial charge in [-0.2, -0.15) is 13.2 Å². The molecule has 0 aromatic carbocycles. The third-order valence-corrected chi connectivity index (χ3v) is 2.65. The Kier molecular flexibility index (Phi) is 3.22. The molecule has 0 amide bonds. The van der Waals surface area contributed by atoms with Gasteiger partial charge in [-0.15, -0.1) is 0 Å². The van der Waals surface area contributed by atoms with Crippen molar-refractivity contribution in [2.24, 2.45) is 5.92 Å². The van der Waals surface area contributed by atoms with Crippen LogP contribution in [0.3, 0.4) is 0 Å². The summed E-state index contributed by atoms with van der Waals surface area (Å²) in [4.78, 5) is 1.90. The van der Waals surface area contributed by atoms with Gasteiger partial charge in [0.1, 0.15) is 0 Å². The predicted molar refractivity (Wildman–Crippen MR) is 45.5 cm³/mol. The molecule has 0 aliphatic carbocycles. The molecule has 1 aliphatic heterocycles. The lowest BCUT2D eigenvalue weighted by Gasteiger charge is -2.36. The Morgan fingerprint density at radius 1 is 1.31 bits per heavy atom. The van der Waals surface area contributed by atoms with Crippen LogP contribution in [0.25, 0.3) is 0 Å². The monoisotopic (exact) mass is 195 g/mol. The lowest BCUT2D eigenvalue weighted by atomic mass is 9.96. The average molecular weight is 195 g/mol. The van der Waals surface area contributed by atoms with Crippen molar-refractivity contribution in [2.45, 2.75) is 38.9 Å². The Bertz CT molecular complexity index is 165. The van der Waals surface area contributed by atoms with E-state index in [0.29, 0.717) is 12.8 Å². The van der Waals surface area contributed by atoms with Gasteiger partial charge in [0.25, 0.3) is 0 Å². The normalized spacial score (nSPS) is 26.8. The fourth-order valence-electron chi connectivity index (χ4n) is 1.74. The largest absolute Gasteiger partial charge is 0.393 e. The summed E-state index contributed by atoms with van der Waals surface area (Å²) in [5, 5.41) is 0. The third kappa shape index (κ3) is 2.86. The number of hydrogen-bond donors (Lipinski definition) is 0. The minimum Gasteiger partial charge on any atom is -0.300 e. The Balaban J connectivity index is 2.52. The molecular weight excluding hydrogens is 179 g/mol. The molecule has 0 aromatic heterocycles. The molecule has 1 atom stereocenters. The second-order valence-corrected chi connectivity index (χ2v) is 3.97. The Hall–Kier alpha value is -0.250. The van der Waals surface area contributed by atoms with E-state index in [1.54, 1.807) is 0 Å². The topological polar surface area (TPSA) is 3.24 Å². The van der Waals surface area contributed by atoms with Gasteiger partial charge >= 0.3 is 6.18 Å². The number of likely N-dealkylation sites (tertiary alicyclic amines) is 1. The zero-order valence-corrected chi connectivity index (χ0v) is 8.06. The smallest absolute Gasteiger partial charge is 0.300 e. The number of rotatable bonds is 1. The van der Waals surface area contributed by atoms with Crippen molar-refractivity contribution in [1.29, 1.82) is 0 Å². The zero-order valence-electron chi connectivity index (χ0n) is 8.06. The Morgan fingerprint density at radius 3 is 2.38 bits per heavy atom. The van der Waals surface area contributed by atoms with Gasteiger partial charge in [0.2, 0.25) is 0 Å². The highest BCUT2D eigenvalue weighted by molar-refractivity contribution is 4.79. The summed E-state index contributed by atoms with van der Waals surface area (Å²) in [5.41, 5.74) is 0. The summed E-state index contributed by atoms with van der Waals surface area (Å²) in [6, 6.07) is 0.227. The number of hydrogen-bond acceptors (Lipinski definition) is 1. The second kappa shape index (κ2) is 3.86. The minimum atomic E-state index is -4.01. The molecule has 0 aromatic rings. The maximum atomic E-state index is 12.4. The highest BCUT2D eigenvalue weighted by Crippen LogP contribution is 2.33. The van der Waals surface area contributed by atoms with Crippen LogP contribution in [0.15, 0.2) is 0 Å². The van der Waals surface area contributed by atoms with E-state index in [1.165, 1.54) is 0 Å². The van der Waals surface area contributed by atoms with Crippen molar-refractivity contribution in [3.8, 4) is 0 Å². The van der Waals surface area contributed by atoms with Gasteiger partial charge in [0.15, 0.2) is 0 Å². The Labute approximate surface area is 76.9 Å². The summed E-state index contributed by atoms with van der Waals surface area (Å²) in [7, 11) is 0. The molecule has 1 rings (SSSR count). The van der Waals surface area contributed by atoms with Crippen LogP contribution in [-0.2, 0) is 0 Å². The van der Waals surface area contributed by atoms with Crippen molar-refractivity contribution >= 4 is 0 Å². The van der Waals surface area contributed by atoms with E-state index in [2.05, 4.69) is 0 Å². The maximum absolute atomic E-state index is 12.4. The van der Waals surface area contributed by atoms with Crippen LogP contribution in [0.2, 0.25) is 0 Å². The SMILES string of the molecule is CC(C)N1CCC[C@H](C(F)(F)F)C1. The van der Waals surface area contributed by atoms with Gasteiger partial charge < -0.3 is 4.90 Å². The molecular formula is C9H16F3N. The van der Waals surface area contributed by atoms with Gasteiger partial charge in [-0.3, -0.25) is 0 Å². The molecule has 0 spiro atoms. The van der Waals surface area contributed by atoms with Gasteiger partial charge in [-0.1, -0.05) is 0 Å². The summed E-state index contributed by atoms with van der Waals surface area (Å²) in [6.07, 6.45) is -3.04. The van der Waals surface area contributed by atoms with E-state index in [1.807, 2.05) is 18.7 Å². The molecule has 4 heteroatoms. The molecule has 1 saturated heterocycles. The van der Waals surface area contributed by atoms with Crippen LogP contribution < -0.4 is 0 Å². The second-order valence-electron chi connectivity index (χ2n) is 3.97. The van der Waals surface area contributed by atoms with Crippen molar-refractivity contribution in [1.82, 2.24) is 4.90 Å². The van der Waals surface area contributed by atoms with Crippen LogP contribution in [0.4, 0.5) is 13.2 Å². The van der Waals surface area contributed by atoms with E-state index in [-0.39, 0.29) is 12.6 Å². The standard InChI is InChI=1S/C9H16F3N/c1-7(2)13-5-3-4-8(6-13)9(10,11)12/h7-8H,3-6H2,1-2H3/t8-/m0/s1. The van der Waals surface area contributed by atoms with E-state index >= 15 is 0 Å². The van der Waals surface area contributed by atoms with Crippen molar-refractivity contribution in [3.63, 3.8) is 0 Å². The molecule has 1 heterocycles. The summed E-state index contributed by atoms with van der Waals surface area (Å²) >= 11 is 0. The highest BCUT2D eigenvalue weighted by Gasteiger charge is 2.41. The molecule has 78 valence electrons. The van der Waals surface area contributed by atoms with Crippen LogP contribution in [0, 0.1) is 5.92 Å². The molecule has 1 aliphatic rings. The maximum Gasteiger partial charge on any atom is 0.393 e. The first-order valence-corrected chi connectivity index (χ1v) is 4.72. The molecule has 1 nitrogen and oxygen atoms in total. The first-order valence-electron chi connectivity index (χ1n) is 4.72. The number of alkyl halides is 3. The van der Waals surface area contributed by atoms with Gasteiger partial charge in [-0.05, 0) is 33.2 Å². The molecule has 13 heavy (non-hydrogen) atoms. The van der Waals surface area contributed by atoms with Crippen LogP contribution in [0.1, 0.15) is 26.7 Å². The van der Waals surface area contributed by atoms with Crippen molar-refractivity contribution in [3.05, 3.63) is 0 Å². The number of nitrogens with zero attached hydrogens (tertiary/aromatic N) is 1. The molecule has 0 radical (unpaired) electrons. The molecule has 0 saturated carbocycles. The average Bonchev–Trinajstić information content (AvgIpc) is 2.03. The molecule has 0 N–H and O–H groups in total. The number of halogens is 3. The van der Waals surface area contributed by atoms with Crippen molar-refractivity contribution in [2.75, 3.05) is 13.1 Å². The van der Waals surface area contributed by atoms with Crippen LogP contribution >= 0.6 is 0 Å².